The molecule has 2 aromatic carbocycles. The van der Waals surface area contributed by atoms with E-state index in [0.717, 1.165) is 17.2 Å². The number of nitrogens with one attached hydrogen (secondary N) is 2. The molecule has 23 heavy (non-hydrogen) atoms. The molecule has 0 aliphatic rings. The van der Waals surface area contributed by atoms with E-state index in [1.165, 1.54) is 0 Å². The molecule has 2 N–H and O–H groups in total. The standard InChI is InChI=1S/C18H20N2O2S/c1-2-11-19-18(23)20-15-7-6-10-17(14-15)22-13-12-21-16-8-4-3-5-9-16/h2-10,14H,1,11-13H2,(H2,19,20,23). The Morgan fingerprint density at radius 2 is 1.70 bits per heavy atom. The quantitative estimate of drug-likeness (QED) is 0.440. The Hall–Kier alpha value is -2.53. The van der Waals surface area contributed by atoms with Gasteiger partial charge in [-0.1, -0.05) is 30.3 Å². The van der Waals surface area contributed by atoms with Crippen molar-refractivity contribution in [3.63, 3.8) is 0 Å². The Morgan fingerprint density at radius 3 is 2.43 bits per heavy atom. The molecule has 0 fully saturated rings. The summed E-state index contributed by atoms with van der Waals surface area (Å²) in [5.74, 6) is 1.60. The fourth-order valence-corrected chi connectivity index (χ4v) is 2.04. The first-order valence-electron chi connectivity index (χ1n) is 7.34. The first-order chi connectivity index (χ1) is 11.3. The molecule has 4 nitrogen and oxygen atoms in total. The molecule has 0 bridgehead atoms. The summed E-state index contributed by atoms with van der Waals surface area (Å²) in [6, 6.07) is 17.3. The Kier molecular flexibility index (Phi) is 6.94. The van der Waals surface area contributed by atoms with Crippen molar-refractivity contribution in [3.05, 3.63) is 67.3 Å². The van der Waals surface area contributed by atoms with Crippen LogP contribution in [0.25, 0.3) is 0 Å². The SMILES string of the molecule is C=CCNC(=S)Nc1cccc(OCCOc2ccccc2)c1. The van der Waals surface area contributed by atoms with E-state index >= 15 is 0 Å². The molecule has 0 atom stereocenters. The Morgan fingerprint density at radius 1 is 1.00 bits per heavy atom. The van der Waals surface area contributed by atoms with Crippen molar-refractivity contribution in [1.29, 1.82) is 0 Å². The van der Waals surface area contributed by atoms with Gasteiger partial charge < -0.3 is 20.1 Å². The predicted molar refractivity (Wildman–Crippen MR) is 98.3 cm³/mol. The summed E-state index contributed by atoms with van der Waals surface area (Å²) in [6.45, 7) is 5.22. The molecule has 5 heteroatoms. The van der Waals surface area contributed by atoms with Crippen LogP contribution in [0.4, 0.5) is 5.69 Å². The van der Waals surface area contributed by atoms with Gasteiger partial charge in [-0.2, -0.15) is 0 Å². The molecule has 0 spiro atoms. The van der Waals surface area contributed by atoms with Crippen molar-refractivity contribution in [2.24, 2.45) is 0 Å². The van der Waals surface area contributed by atoms with Crippen LogP contribution in [0.5, 0.6) is 11.5 Å². The van der Waals surface area contributed by atoms with Crippen LogP contribution in [0.3, 0.4) is 0 Å². The van der Waals surface area contributed by atoms with Gasteiger partial charge in [-0.15, -0.1) is 6.58 Å². The minimum atomic E-state index is 0.470. The van der Waals surface area contributed by atoms with Crippen LogP contribution in [-0.2, 0) is 0 Å². The van der Waals surface area contributed by atoms with Gasteiger partial charge in [0.1, 0.15) is 24.7 Å². The monoisotopic (exact) mass is 328 g/mol. The van der Waals surface area contributed by atoms with E-state index in [1.54, 1.807) is 6.08 Å². The minimum Gasteiger partial charge on any atom is -0.490 e. The molecule has 0 aliphatic heterocycles. The van der Waals surface area contributed by atoms with E-state index in [2.05, 4.69) is 17.2 Å². The Balaban J connectivity index is 1.76. The third-order valence-corrected chi connectivity index (χ3v) is 3.11. The molecule has 0 heterocycles. The number of benzene rings is 2. The lowest BCUT2D eigenvalue weighted by Gasteiger charge is -2.11. The lowest BCUT2D eigenvalue weighted by molar-refractivity contribution is 0.217. The third-order valence-electron chi connectivity index (χ3n) is 2.86. The smallest absolute Gasteiger partial charge is 0.171 e. The lowest BCUT2D eigenvalue weighted by atomic mass is 10.3. The molecule has 0 radical (unpaired) electrons. The fraction of sp³-hybridized carbons (Fsp3) is 0.167. The highest BCUT2D eigenvalue weighted by molar-refractivity contribution is 7.80. The second-order valence-corrected chi connectivity index (χ2v) is 5.07. The number of rotatable bonds is 8. The van der Waals surface area contributed by atoms with E-state index in [0.29, 0.717) is 24.9 Å². The number of ether oxygens (including phenoxy) is 2. The van der Waals surface area contributed by atoms with Gasteiger partial charge in [0, 0.05) is 18.3 Å². The number of hydrogen-bond acceptors (Lipinski definition) is 3. The van der Waals surface area contributed by atoms with Crippen LogP contribution in [0, 0.1) is 0 Å². The van der Waals surface area contributed by atoms with Crippen LogP contribution >= 0.6 is 12.2 Å². The maximum atomic E-state index is 5.69. The average Bonchev–Trinajstić information content (AvgIpc) is 2.58. The van der Waals surface area contributed by atoms with E-state index in [4.69, 9.17) is 21.7 Å². The first kappa shape index (κ1) is 16.8. The summed E-state index contributed by atoms with van der Waals surface area (Å²) in [6.07, 6.45) is 1.75. The van der Waals surface area contributed by atoms with Gasteiger partial charge >= 0.3 is 0 Å². The number of thiocarbonyl (C=S) groups is 1. The van der Waals surface area contributed by atoms with E-state index in [1.807, 2.05) is 54.6 Å². The second-order valence-electron chi connectivity index (χ2n) is 4.66. The number of anilines is 1. The molecule has 2 aromatic rings. The van der Waals surface area contributed by atoms with Crippen molar-refractivity contribution in [2.45, 2.75) is 0 Å². The summed E-state index contributed by atoms with van der Waals surface area (Å²) in [5.41, 5.74) is 0.869. The maximum absolute atomic E-state index is 5.69. The second kappa shape index (κ2) is 9.48. The molecule has 0 aromatic heterocycles. The Labute approximate surface area is 142 Å². The number of hydrogen-bond donors (Lipinski definition) is 2. The predicted octanol–water partition coefficient (Wildman–Crippen LogP) is 3.62. The van der Waals surface area contributed by atoms with Gasteiger partial charge in [0.15, 0.2) is 5.11 Å². The zero-order valence-corrected chi connectivity index (χ0v) is 13.6. The number of para-hydroxylation sites is 1. The van der Waals surface area contributed by atoms with Gasteiger partial charge in [0.05, 0.1) is 0 Å². The normalized spacial score (nSPS) is 9.74. The largest absolute Gasteiger partial charge is 0.490 e. The van der Waals surface area contributed by atoms with Crippen LogP contribution in [0.15, 0.2) is 67.3 Å². The van der Waals surface area contributed by atoms with Crippen LogP contribution < -0.4 is 20.1 Å². The molecule has 0 unspecified atom stereocenters. The maximum Gasteiger partial charge on any atom is 0.171 e. The van der Waals surface area contributed by atoms with Gasteiger partial charge in [0.25, 0.3) is 0 Å². The van der Waals surface area contributed by atoms with Gasteiger partial charge in [-0.25, -0.2) is 0 Å². The third kappa shape index (κ3) is 6.40. The van der Waals surface area contributed by atoms with E-state index in [-0.39, 0.29) is 0 Å². The average molecular weight is 328 g/mol. The van der Waals surface area contributed by atoms with Crippen molar-refractivity contribution in [2.75, 3.05) is 25.1 Å². The highest BCUT2D eigenvalue weighted by atomic mass is 32.1. The lowest BCUT2D eigenvalue weighted by Crippen LogP contribution is -2.28. The highest BCUT2D eigenvalue weighted by Crippen LogP contribution is 2.17. The molecule has 2 rings (SSSR count). The first-order valence-corrected chi connectivity index (χ1v) is 7.75. The van der Waals surface area contributed by atoms with Gasteiger partial charge in [-0.05, 0) is 36.5 Å². The summed E-state index contributed by atoms with van der Waals surface area (Å²) >= 11 is 5.17. The van der Waals surface area contributed by atoms with Crippen molar-refractivity contribution < 1.29 is 9.47 Å². The zero-order valence-electron chi connectivity index (χ0n) is 12.8. The fourth-order valence-electron chi connectivity index (χ4n) is 1.84. The Bertz CT molecular complexity index is 632. The summed E-state index contributed by atoms with van der Waals surface area (Å²) < 4.78 is 11.3. The van der Waals surface area contributed by atoms with Crippen LogP contribution in [0.2, 0.25) is 0 Å². The van der Waals surface area contributed by atoms with Crippen molar-refractivity contribution in [1.82, 2.24) is 5.32 Å². The van der Waals surface area contributed by atoms with Crippen LogP contribution in [-0.4, -0.2) is 24.9 Å². The van der Waals surface area contributed by atoms with E-state index < -0.39 is 0 Å². The topological polar surface area (TPSA) is 42.5 Å². The highest BCUT2D eigenvalue weighted by Gasteiger charge is 2.00. The molecule has 0 amide bonds. The molecule has 0 aliphatic carbocycles. The molecule has 0 saturated heterocycles. The van der Waals surface area contributed by atoms with E-state index in [9.17, 15) is 0 Å². The minimum absolute atomic E-state index is 0.470. The summed E-state index contributed by atoms with van der Waals surface area (Å²) in [4.78, 5) is 0. The molecule has 0 saturated carbocycles. The van der Waals surface area contributed by atoms with Gasteiger partial charge in [-0.3, -0.25) is 0 Å². The summed E-state index contributed by atoms with van der Waals surface area (Å²) in [5, 5.41) is 6.66. The molecule has 120 valence electrons. The van der Waals surface area contributed by atoms with Crippen molar-refractivity contribution in [3.8, 4) is 11.5 Å². The molecular weight excluding hydrogens is 308 g/mol. The molecular formula is C18H20N2O2S. The van der Waals surface area contributed by atoms with Crippen LogP contribution in [0.1, 0.15) is 0 Å². The van der Waals surface area contributed by atoms with Crippen molar-refractivity contribution >= 4 is 23.0 Å². The zero-order chi connectivity index (χ0) is 16.3. The van der Waals surface area contributed by atoms with Gasteiger partial charge in [0.2, 0.25) is 0 Å². The summed E-state index contributed by atoms with van der Waals surface area (Å²) in [7, 11) is 0.